The fourth-order valence-electron chi connectivity index (χ4n) is 1.72. The van der Waals surface area contributed by atoms with Crippen molar-refractivity contribution in [2.45, 2.75) is 19.8 Å². The molecule has 5 nitrogen and oxygen atoms in total. The van der Waals surface area contributed by atoms with E-state index in [9.17, 15) is 4.79 Å². The lowest BCUT2D eigenvalue weighted by Gasteiger charge is -2.12. The smallest absolute Gasteiger partial charge is 0.238 e. The van der Waals surface area contributed by atoms with Crippen molar-refractivity contribution in [3.63, 3.8) is 0 Å². The topological polar surface area (TPSA) is 80.0 Å². The molecule has 1 amide bonds. The van der Waals surface area contributed by atoms with Gasteiger partial charge in [-0.1, -0.05) is 25.1 Å². The van der Waals surface area contributed by atoms with Gasteiger partial charge in [0.05, 0.1) is 23.1 Å². The monoisotopic (exact) mass is 244 g/mol. The van der Waals surface area contributed by atoms with Crippen molar-refractivity contribution in [2.24, 2.45) is 0 Å². The molecule has 0 saturated carbocycles. The first-order valence-corrected chi connectivity index (χ1v) is 5.90. The number of para-hydroxylation sites is 1. The van der Waals surface area contributed by atoms with Crippen molar-refractivity contribution in [3.8, 4) is 0 Å². The first-order chi connectivity index (χ1) is 8.72. The third-order valence-electron chi connectivity index (χ3n) is 2.61. The first-order valence-electron chi connectivity index (χ1n) is 5.90. The highest BCUT2D eigenvalue weighted by Gasteiger charge is 2.07. The Bertz CT molecular complexity index is 568. The minimum Gasteiger partial charge on any atom is -0.396 e. The molecule has 0 unspecified atom stereocenters. The number of benzene rings is 1. The molecule has 0 radical (unpaired) electrons. The van der Waals surface area contributed by atoms with Gasteiger partial charge in [0, 0.05) is 11.8 Å². The van der Waals surface area contributed by atoms with E-state index in [1.807, 2.05) is 31.2 Å². The van der Waals surface area contributed by atoms with Crippen LogP contribution in [0.3, 0.4) is 0 Å². The third-order valence-corrected chi connectivity index (χ3v) is 2.61. The number of pyridine rings is 1. The fourth-order valence-corrected chi connectivity index (χ4v) is 1.72. The minimum atomic E-state index is -0.0576. The van der Waals surface area contributed by atoms with Gasteiger partial charge in [0.25, 0.3) is 0 Å². The molecule has 94 valence electrons. The maximum absolute atomic E-state index is 11.4. The van der Waals surface area contributed by atoms with Crippen molar-refractivity contribution >= 4 is 28.2 Å². The molecule has 1 heterocycles. The van der Waals surface area contributed by atoms with Crippen molar-refractivity contribution in [2.75, 3.05) is 11.2 Å². The fraction of sp³-hybridized carbons (Fsp3) is 0.231. The summed E-state index contributed by atoms with van der Waals surface area (Å²) in [6.07, 6.45) is 2.87. The largest absolute Gasteiger partial charge is 0.396 e. The lowest BCUT2D eigenvalue weighted by molar-refractivity contribution is -0.120. The van der Waals surface area contributed by atoms with E-state index >= 15 is 0 Å². The van der Waals surface area contributed by atoms with Crippen molar-refractivity contribution in [1.29, 1.82) is 0 Å². The molecule has 5 heteroatoms. The first kappa shape index (κ1) is 12.2. The van der Waals surface area contributed by atoms with E-state index in [0.29, 0.717) is 17.8 Å². The molecule has 0 spiro atoms. The van der Waals surface area contributed by atoms with Crippen LogP contribution in [-0.4, -0.2) is 10.9 Å². The van der Waals surface area contributed by atoms with Crippen LogP contribution >= 0.6 is 0 Å². The number of carbonyl (C=O) groups excluding carboxylic acids is 1. The van der Waals surface area contributed by atoms with E-state index in [4.69, 9.17) is 5.73 Å². The summed E-state index contributed by atoms with van der Waals surface area (Å²) >= 11 is 0. The third kappa shape index (κ3) is 2.51. The van der Waals surface area contributed by atoms with Crippen molar-refractivity contribution < 1.29 is 4.79 Å². The van der Waals surface area contributed by atoms with Gasteiger partial charge < -0.3 is 5.73 Å². The van der Waals surface area contributed by atoms with E-state index in [2.05, 4.69) is 15.8 Å². The Morgan fingerprint density at radius 2 is 2.17 bits per heavy atom. The Kier molecular flexibility index (Phi) is 3.62. The number of hydrogen-bond donors (Lipinski definition) is 3. The Balaban J connectivity index is 2.26. The van der Waals surface area contributed by atoms with Crippen molar-refractivity contribution in [3.05, 3.63) is 30.5 Å². The van der Waals surface area contributed by atoms with Gasteiger partial charge in [-0.05, 0) is 12.5 Å². The molecule has 0 aliphatic heterocycles. The number of amides is 1. The van der Waals surface area contributed by atoms with Gasteiger partial charge in [-0.15, -0.1) is 0 Å². The number of nitrogens with two attached hydrogens (primary N) is 1. The molecular weight excluding hydrogens is 228 g/mol. The average molecular weight is 244 g/mol. The number of anilines is 2. The Labute approximate surface area is 105 Å². The number of nitrogens with one attached hydrogen (secondary N) is 2. The number of hydrogen-bond acceptors (Lipinski definition) is 4. The van der Waals surface area contributed by atoms with Crippen LogP contribution in [0, 0.1) is 0 Å². The number of hydrazine groups is 1. The summed E-state index contributed by atoms with van der Waals surface area (Å²) in [6, 6.07) is 7.62. The molecule has 1 aromatic heterocycles. The Hall–Kier alpha value is -2.30. The molecule has 0 saturated heterocycles. The average Bonchev–Trinajstić information content (AvgIpc) is 2.38. The molecule has 2 rings (SSSR count). The van der Waals surface area contributed by atoms with Crippen molar-refractivity contribution in [1.82, 2.24) is 10.4 Å². The number of fused-ring (bicyclic) bond motifs is 1. The van der Waals surface area contributed by atoms with Crippen LogP contribution in [0.1, 0.15) is 19.8 Å². The van der Waals surface area contributed by atoms with Crippen LogP contribution in [0.15, 0.2) is 30.5 Å². The maximum atomic E-state index is 11.4. The van der Waals surface area contributed by atoms with Crippen LogP contribution in [0.2, 0.25) is 0 Å². The standard InChI is InChI=1S/C13H16N4O/c1-2-5-12(18)16-17-13-9-6-3-4-7-11(9)15-8-10(13)14/h3-4,6-8H,2,5,14H2,1H3,(H,15,17)(H,16,18). The van der Waals surface area contributed by atoms with E-state index in [-0.39, 0.29) is 5.91 Å². The molecule has 0 aliphatic rings. The normalized spacial score (nSPS) is 10.3. The molecule has 0 bridgehead atoms. The van der Waals surface area contributed by atoms with E-state index in [1.54, 1.807) is 6.20 Å². The lowest BCUT2D eigenvalue weighted by Crippen LogP contribution is -2.29. The summed E-state index contributed by atoms with van der Waals surface area (Å²) in [7, 11) is 0. The van der Waals surface area contributed by atoms with Gasteiger partial charge in [-0.25, -0.2) is 0 Å². The summed E-state index contributed by atoms with van der Waals surface area (Å²) in [6.45, 7) is 1.95. The summed E-state index contributed by atoms with van der Waals surface area (Å²) in [5.74, 6) is -0.0576. The number of rotatable bonds is 4. The quantitative estimate of drug-likeness (QED) is 0.719. The molecule has 0 aliphatic carbocycles. The van der Waals surface area contributed by atoms with Gasteiger partial charge >= 0.3 is 0 Å². The van der Waals surface area contributed by atoms with Gasteiger partial charge in [0.1, 0.15) is 0 Å². The summed E-state index contributed by atoms with van der Waals surface area (Å²) in [5, 5.41) is 0.884. The second kappa shape index (κ2) is 5.35. The zero-order valence-electron chi connectivity index (χ0n) is 10.2. The highest BCUT2D eigenvalue weighted by Crippen LogP contribution is 2.26. The molecule has 0 atom stereocenters. The predicted octanol–water partition coefficient (Wildman–Crippen LogP) is 2.06. The van der Waals surface area contributed by atoms with Crippen LogP contribution in [0.5, 0.6) is 0 Å². The number of nitrogen functional groups attached to an aromatic ring is 1. The van der Waals surface area contributed by atoms with Gasteiger partial charge in [-0.2, -0.15) is 0 Å². The highest BCUT2D eigenvalue weighted by atomic mass is 16.2. The number of carbonyl (C=O) groups is 1. The van der Waals surface area contributed by atoms with Gasteiger partial charge in [0.2, 0.25) is 5.91 Å². The Morgan fingerprint density at radius 3 is 2.94 bits per heavy atom. The second-order valence-corrected chi connectivity index (χ2v) is 4.03. The Morgan fingerprint density at radius 1 is 1.39 bits per heavy atom. The summed E-state index contributed by atoms with van der Waals surface area (Å²) < 4.78 is 0. The van der Waals surface area contributed by atoms with Gasteiger partial charge in [0.15, 0.2) is 0 Å². The molecule has 0 fully saturated rings. The maximum Gasteiger partial charge on any atom is 0.238 e. The highest BCUT2D eigenvalue weighted by molar-refractivity contribution is 5.97. The van der Waals surface area contributed by atoms with E-state index < -0.39 is 0 Å². The molecular formula is C13H16N4O. The molecule has 4 N–H and O–H groups in total. The van der Waals surface area contributed by atoms with Gasteiger partial charge in [-0.3, -0.25) is 20.6 Å². The lowest BCUT2D eigenvalue weighted by atomic mass is 10.2. The van der Waals surface area contributed by atoms with E-state index in [0.717, 1.165) is 17.3 Å². The molecule has 1 aromatic carbocycles. The van der Waals surface area contributed by atoms with E-state index in [1.165, 1.54) is 0 Å². The minimum absolute atomic E-state index is 0.0576. The number of nitrogens with zero attached hydrogens (tertiary/aromatic N) is 1. The number of aromatic nitrogens is 1. The summed E-state index contributed by atoms with van der Waals surface area (Å²) in [4.78, 5) is 15.7. The van der Waals surface area contributed by atoms with Crippen LogP contribution in [-0.2, 0) is 4.79 Å². The SMILES string of the molecule is CCCC(=O)NNc1c(N)cnc2ccccc12. The zero-order valence-corrected chi connectivity index (χ0v) is 10.2. The van der Waals surface area contributed by atoms with Crippen LogP contribution in [0.4, 0.5) is 11.4 Å². The zero-order chi connectivity index (χ0) is 13.0. The van der Waals surface area contributed by atoms with Crippen LogP contribution < -0.4 is 16.6 Å². The van der Waals surface area contributed by atoms with Crippen LogP contribution in [0.25, 0.3) is 10.9 Å². The predicted molar refractivity (Wildman–Crippen MR) is 72.8 cm³/mol. The molecule has 2 aromatic rings. The second-order valence-electron chi connectivity index (χ2n) is 4.03. The molecule has 18 heavy (non-hydrogen) atoms. The summed E-state index contributed by atoms with van der Waals surface area (Å²) in [5.41, 5.74) is 13.4.